The summed E-state index contributed by atoms with van der Waals surface area (Å²) in [4.78, 5) is 12.9. The Bertz CT molecular complexity index is 918. The topological polar surface area (TPSA) is 44.1 Å². The number of benzene rings is 2. The highest BCUT2D eigenvalue weighted by Gasteiger charge is 2.25. The van der Waals surface area contributed by atoms with E-state index < -0.39 is 0 Å². The Kier molecular flexibility index (Phi) is 7.04. The third-order valence-electron chi connectivity index (χ3n) is 4.54. The summed E-state index contributed by atoms with van der Waals surface area (Å²) in [7, 11) is 0. The van der Waals surface area contributed by atoms with Crippen molar-refractivity contribution in [2.75, 3.05) is 6.61 Å². The summed E-state index contributed by atoms with van der Waals surface area (Å²) in [6.45, 7) is 5.07. The molecule has 0 spiro atoms. The standard InChI is InChI=1S/C23H25BrN2O2/c1-3-14-26-21(16-17-8-6-5-7-9-17)22(23(27)28-4-2)20(25-26)15-18-10-12-19(24)13-11-18/h5-13H,3-4,14-16H2,1-2H3. The molecular weight excluding hydrogens is 416 g/mol. The van der Waals surface area contributed by atoms with Crippen LogP contribution in [0.15, 0.2) is 59.1 Å². The fourth-order valence-electron chi connectivity index (χ4n) is 3.28. The van der Waals surface area contributed by atoms with E-state index in [1.54, 1.807) is 0 Å². The molecule has 0 aliphatic carbocycles. The monoisotopic (exact) mass is 440 g/mol. The molecule has 0 aliphatic heterocycles. The van der Waals surface area contributed by atoms with E-state index in [-0.39, 0.29) is 5.97 Å². The molecule has 0 atom stereocenters. The number of ether oxygens (including phenoxy) is 1. The van der Waals surface area contributed by atoms with Crippen LogP contribution in [0.2, 0.25) is 0 Å². The molecule has 0 N–H and O–H groups in total. The Hall–Kier alpha value is -2.40. The highest BCUT2D eigenvalue weighted by Crippen LogP contribution is 2.23. The molecule has 0 radical (unpaired) electrons. The van der Waals surface area contributed by atoms with Gasteiger partial charge in [-0.3, -0.25) is 4.68 Å². The molecule has 1 aromatic heterocycles. The van der Waals surface area contributed by atoms with Gasteiger partial charge in [-0.25, -0.2) is 4.79 Å². The maximum atomic E-state index is 12.9. The van der Waals surface area contributed by atoms with Crippen molar-refractivity contribution in [3.8, 4) is 0 Å². The van der Waals surface area contributed by atoms with E-state index in [0.29, 0.717) is 25.0 Å². The minimum Gasteiger partial charge on any atom is -0.462 e. The Morgan fingerprint density at radius 1 is 1.00 bits per heavy atom. The van der Waals surface area contributed by atoms with E-state index in [1.165, 1.54) is 0 Å². The Labute approximate surface area is 174 Å². The van der Waals surface area contributed by atoms with Crippen molar-refractivity contribution in [2.24, 2.45) is 0 Å². The zero-order valence-corrected chi connectivity index (χ0v) is 17.9. The van der Waals surface area contributed by atoms with Crippen molar-refractivity contribution in [3.63, 3.8) is 0 Å². The van der Waals surface area contributed by atoms with Crippen LogP contribution in [0.5, 0.6) is 0 Å². The minimum atomic E-state index is -0.289. The second-order valence-electron chi connectivity index (χ2n) is 6.68. The number of hydrogen-bond acceptors (Lipinski definition) is 3. The summed E-state index contributed by atoms with van der Waals surface area (Å²) in [6, 6.07) is 18.3. The van der Waals surface area contributed by atoms with Gasteiger partial charge >= 0.3 is 5.97 Å². The molecular formula is C23H25BrN2O2. The van der Waals surface area contributed by atoms with Gasteiger partial charge in [-0.05, 0) is 36.6 Å². The fraction of sp³-hybridized carbons (Fsp3) is 0.304. The number of carbonyl (C=O) groups is 1. The van der Waals surface area contributed by atoms with E-state index in [1.807, 2.05) is 41.9 Å². The highest BCUT2D eigenvalue weighted by molar-refractivity contribution is 9.10. The van der Waals surface area contributed by atoms with Crippen molar-refractivity contribution < 1.29 is 9.53 Å². The number of aromatic nitrogens is 2. The maximum absolute atomic E-state index is 12.9. The van der Waals surface area contributed by atoms with Crippen molar-refractivity contribution in [3.05, 3.63) is 87.1 Å². The van der Waals surface area contributed by atoms with Crippen LogP contribution in [0.1, 0.15) is 53.1 Å². The summed E-state index contributed by atoms with van der Waals surface area (Å²) < 4.78 is 8.41. The van der Waals surface area contributed by atoms with Gasteiger partial charge in [0.15, 0.2) is 0 Å². The third kappa shape index (κ3) is 4.90. The average Bonchev–Trinajstić information content (AvgIpc) is 3.02. The van der Waals surface area contributed by atoms with Crippen LogP contribution < -0.4 is 0 Å². The highest BCUT2D eigenvalue weighted by atomic mass is 79.9. The second-order valence-corrected chi connectivity index (χ2v) is 7.59. The van der Waals surface area contributed by atoms with Crippen LogP contribution in [-0.2, 0) is 24.1 Å². The number of carbonyl (C=O) groups excluding carboxylic acids is 1. The Balaban J connectivity index is 2.05. The maximum Gasteiger partial charge on any atom is 0.341 e. The van der Waals surface area contributed by atoms with Crippen molar-refractivity contribution in [1.29, 1.82) is 0 Å². The number of nitrogens with zero attached hydrogens (tertiary/aromatic N) is 2. The first-order valence-corrected chi connectivity index (χ1v) is 10.5. The van der Waals surface area contributed by atoms with Gasteiger partial charge in [-0.15, -0.1) is 0 Å². The van der Waals surface area contributed by atoms with Gasteiger partial charge < -0.3 is 4.74 Å². The third-order valence-corrected chi connectivity index (χ3v) is 5.07. The van der Waals surface area contributed by atoms with Gasteiger partial charge in [0.1, 0.15) is 5.56 Å². The first-order chi connectivity index (χ1) is 13.6. The molecule has 0 bridgehead atoms. The zero-order chi connectivity index (χ0) is 19.9. The lowest BCUT2D eigenvalue weighted by Gasteiger charge is -2.09. The molecule has 1 heterocycles. The molecule has 0 unspecified atom stereocenters. The molecule has 4 nitrogen and oxygen atoms in total. The van der Waals surface area contributed by atoms with Gasteiger partial charge in [0.25, 0.3) is 0 Å². The summed E-state index contributed by atoms with van der Waals surface area (Å²) in [5.74, 6) is -0.289. The normalized spacial score (nSPS) is 10.8. The molecule has 0 amide bonds. The number of halogens is 1. The lowest BCUT2D eigenvalue weighted by molar-refractivity contribution is 0.0524. The first kappa shape index (κ1) is 20.3. The molecule has 0 aliphatic rings. The summed E-state index contributed by atoms with van der Waals surface area (Å²) >= 11 is 3.47. The molecule has 0 fully saturated rings. The van der Waals surface area contributed by atoms with Gasteiger partial charge in [-0.1, -0.05) is 65.3 Å². The van der Waals surface area contributed by atoms with Crippen molar-refractivity contribution in [2.45, 2.75) is 39.7 Å². The molecule has 0 saturated carbocycles. The lowest BCUT2D eigenvalue weighted by atomic mass is 10.0. The summed E-state index contributed by atoms with van der Waals surface area (Å²) in [6.07, 6.45) is 2.20. The summed E-state index contributed by atoms with van der Waals surface area (Å²) in [5.41, 5.74) is 4.59. The predicted octanol–water partition coefficient (Wildman–Crippen LogP) is 5.41. The van der Waals surface area contributed by atoms with Crippen LogP contribution in [0, 0.1) is 0 Å². The largest absolute Gasteiger partial charge is 0.462 e. The zero-order valence-electron chi connectivity index (χ0n) is 16.3. The molecule has 2 aromatic carbocycles. The van der Waals surface area contributed by atoms with Gasteiger partial charge in [0, 0.05) is 23.9 Å². The van der Waals surface area contributed by atoms with Crippen molar-refractivity contribution in [1.82, 2.24) is 9.78 Å². The lowest BCUT2D eigenvalue weighted by Crippen LogP contribution is -2.12. The van der Waals surface area contributed by atoms with Crippen LogP contribution in [0.3, 0.4) is 0 Å². The van der Waals surface area contributed by atoms with E-state index in [0.717, 1.165) is 40.0 Å². The Morgan fingerprint density at radius 3 is 2.32 bits per heavy atom. The summed E-state index contributed by atoms with van der Waals surface area (Å²) in [5, 5.41) is 4.82. The number of hydrogen-bond donors (Lipinski definition) is 0. The predicted molar refractivity (Wildman–Crippen MR) is 115 cm³/mol. The fourth-order valence-corrected chi connectivity index (χ4v) is 3.54. The quantitative estimate of drug-likeness (QED) is 0.439. The van der Waals surface area contributed by atoms with Crippen molar-refractivity contribution >= 4 is 21.9 Å². The van der Waals surface area contributed by atoms with Crippen LogP contribution in [-0.4, -0.2) is 22.4 Å². The average molecular weight is 441 g/mol. The Morgan fingerprint density at radius 2 is 1.68 bits per heavy atom. The number of rotatable bonds is 8. The number of esters is 1. The molecule has 28 heavy (non-hydrogen) atoms. The van der Waals surface area contributed by atoms with E-state index >= 15 is 0 Å². The van der Waals surface area contributed by atoms with Crippen LogP contribution in [0.25, 0.3) is 0 Å². The van der Waals surface area contributed by atoms with E-state index in [2.05, 4.69) is 47.1 Å². The number of aryl methyl sites for hydroxylation is 1. The second kappa shape index (κ2) is 9.69. The van der Waals surface area contributed by atoms with Crippen LogP contribution in [0.4, 0.5) is 0 Å². The smallest absolute Gasteiger partial charge is 0.341 e. The minimum absolute atomic E-state index is 0.289. The molecule has 3 aromatic rings. The SMILES string of the molecule is CCCn1nc(Cc2ccc(Br)cc2)c(C(=O)OCC)c1Cc1ccccc1. The molecule has 146 valence electrons. The van der Waals surface area contributed by atoms with E-state index in [4.69, 9.17) is 9.84 Å². The van der Waals surface area contributed by atoms with Gasteiger partial charge in [0.2, 0.25) is 0 Å². The molecule has 3 rings (SSSR count). The van der Waals surface area contributed by atoms with E-state index in [9.17, 15) is 4.79 Å². The molecule has 5 heteroatoms. The van der Waals surface area contributed by atoms with Gasteiger partial charge in [0.05, 0.1) is 18.0 Å². The first-order valence-electron chi connectivity index (χ1n) is 9.66. The van der Waals surface area contributed by atoms with Gasteiger partial charge in [-0.2, -0.15) is 5.10 Å². The molecule has 0 saturated heterocycles. The van der Waals surface area contributed by atoms with Crippen LogP contribution >= 0.6 is 15.9 Å².